The fraction of sp³-hybridized carbons (Fsp3) is 0.375. The van der Waals surface area contributed by atoms with Crippen LogP contribution in [0.3, 0.4) is 0 Å². The first kappa shape index (κ1) is 15.5. The number of H-pyrrole nitrogens is 1. The van der Waals surface area contributed by atoms with Gasteiger partial charge < -0.3 is 9.64 Å². The van der Waals surface area contributed by atoms with Gasteiger partial charge in [-0.05, 0) is 31.0 Å². The molecule has 1 aliphatic heterocycles. The molecule has 1 aromatic heterocycles. The number of nitrogens with zero attached hydrogens (tertiary/aromatic N) is 2. The zero-order valence-electron chi connectivity index (χ0n) is 12.7. The van der Waals surface area contributed by atoms with Crippen molar-refractivity contribution in [2.75, 3.05) is 20.2 Å². The van der Waals surface area contributed by atoms with E-state index in [9.17, 15) is 13.6 Å². The van der Waals surface area contributed by atoms with Crippen LogP contribution >= 0.6 is 0 Å². The fourth-order valence-electron chi connectivity index (χ4n) is 2.95. The van der Waals surface area contributed by atoms with Gasteiger partial charge in [-0.25, -0.2) is 8.78 Å². The van der Waals surface area contributed by atoms with Gasteiger partial charge in [0.1, 0.15) is 11.3 Å². The van der Waals surface area contributed by atoms with E-state index in [0.29, 0.717) is 19.0 Å². The number of nitrogens with one attached hydrogen (secondary N) is 1. The molecule has 122 valence electrons. The van der Waals surface area contributed by atoms with Crippen molar-refractivity contribution in [3.8, 4) is 5.75 Å². The van der Waals surface area contributed by atoms with Crippen molar-refractivity contribution in [2.45, 2.75) is 18.8 Å². The van der Waals surface area contributed by atoms with Crippen molar-refractivity contribution in [2.24, 2.45) is 0 Å². The number of hydrogen-bond acceptors (Lipinski definition) is 3. The standard InChI is InChI=1S/C16H17F2N3O2/c1-23-13-3-2-11(17)15(18)14(13)16(22)21-8-5-10(6-9-21)12-4-7-19-20-12/h2-4,7,10H,5-6,8-9H2,1H3,(H,19,20). The Hall–Kier alpha value is -2.44. The van der Waals surface area contributed by atoms with Crippen molar-refractivity contribution < 1.29 is 18.3 Å². The van der Waals surface area contributed by atoms with E-state index < -0.39 is 17.5 Å². The van der Waals surface area contributed by atoms with Crippen LogP contribution in [0.5, 0.6) is 5.75 Å². The summed E-state index contributed by atoms with van der Waals surface area (Å²) in [6.07, 6.45) is 3.18. The molecule has 0 unspecified atom stereocenters. The van der Waals surface area contributed by atoms with Crippen molar-refractivity contribution in [1.29, 1.82) is 0 Å². The van der Waals surface area contributed by atoms with Crippen LogP contribution < -0.4 is 4.74 Å². The number of aromatic amines is 1. The Bertz CT molecular complexity index is 696. The van der Waals surface area contributed by atoms with Crippen molar-refractivity contribution in [3.05, 3.63) is 47.3 Å². The molecule has 1 fully saturated rings. The number of halogens is 2. The average Bonchev–Trinajstić information content (AvgIpc) is 3.11. The van der Waals surface area contributed by atoms with Crippen molar-refractivity contribution >= 4 is 5.91 Å². The monoisotopic (exact) mass is 321 g/mol. The zero-order valence-corrected chi connectivity index (χ0v) is 12.7. The summed E-state index contributed by atoms with van der Waals surface area (Å²) in [5.74, 6) is -2.42. The molecule has 0 saturated carbocycles. The molecule has 0 bridgehead atoms. The highest BCUT2D eigenvalue weighted by Crippen LogP contribution is 2.30. The van der Waals surface area contributed by atoms with E-state index in [1.807, 2.05) is 6.07 Å². The van der Waals surface area contributed by atoms with E-state index >= 15 is 0 Å². The molecule has 7 heteroatoms. The minimum atomic E-state index is -1.16. The summed E-state index contributed by atoms with van der Waals surface area (Å²) in [5.41, 5.74) is 0.694. The smallest absolute Gasteiger partial charge is 0.260 e. The fourth-order valence-corrected chi connectivity index (χ4v) is 2.95. The second-order valence-corrected chi connectivity index (χ2v) is 5.52. The summed E-state index contributed by atoms with van der Waals surface area (Å²) in [5, 5.41) is 6.86. The van der Waals surface area contributed by atoms with Gasteiger partial charge in [0.05, 0.1) is 7.11 Å². The number of aromatic nitrogens is 2. The second-order valence-electron chi connectivity index (χ2n) is 5.52. The van der Waals surface area contributed by atoms with Gasteiger partial charge in [0, 0.05) is 30.9 Å². The first-order chi connectivity index (χ1) is 11.1. The molecule has 2 heterocycles. The van der Waals surface area contributed by atoms with Crippen LogP contribution in [0, 0.1) is 11.6 Å². The zero-order chi connectivity index (χ0) is 16.4. The van der Waals surface area contributed by atoms with Crippen LogP contribution in [0.2, 0.25) is 0 Å². The maximum absolute atomic E-state index is 14.0. The maximum atomic E-state index is 14.0. The lowest BCUT2D eigenvalue weighted by molar-refractivity contribution is 0.0702. The number of benzene rings is 1. The summed E-state index contributed by atoms with van der Waals surface area (Å²) < 4.78 is 32.5. The Balaban J connectivity index is 1.76. The Morgan fingerprint density at radius 2 is 2.04 bits per heavy atom. The lowest BCUT2D eigenvalue weighted by Gasteiger charge is -2.31. The number of carbonyl (C=O) groups is 1. The molecule has 1 aromatic carbocycles. The molecule has 1 amide bonds. The van der Waals surface area contributed by atoms with Crippen LogP contribution in [-0.2, 0) is 0 Å². The van der Waals surface area contributed by atoms with Crippen molar-refractivity contribution in [1.82, 2.24) is 15.1 Å². The van der Waals surface area contributed by atoms with E-state index in [-0.39, 0.29) is 11.3 Å². The summed E-state index contributed by atoms with van der Waals surface area (Å²) >= 11 is 0. The Kier molecular flexibility index (Phi) is 4.27. The van der Waals surface area contributed by atoms with E-state index in [1.54, 1.807) is 6.20 Å². The van der Waals surface area contributed by atoms with Gasteiger partial charge >= 0.3 is 0 Å². The Morgan fingerprint density at radius 1 is 1.30 bits per heavy atom. The van der Waals surface area contributed by atoms with Gasteiger partial charge in [0.2, 0.25) is 0 Å². The highest BCUT2D eigenvalue weighted by molar-refractivity contribution is 5.97. The summed E-state index contributed by atoms with van der Waals surface area (Å²) in [6, 6.07) is 4.13. The SMILES string of the molecule is COc1ccc(F)c(F)c1C(=O)N1CCC(c2ccn[nH]2)CC1. The molecule has 0 atom stereocenters. The molecule has 3 rings (SSSR count). The highest BCUT2D eigenvalue weighted by atomic mass is 19.2. The Morgan fingerprint density at radius 3 is 2.65 bits per heavy atom. The number of likely N-dealkylation sites (tertiary alicyclic amines) is 1. The van der Waals surface area contributed by atoms with Gasteiger partial charge in [0.25, 0.3) is 5.91 Å². The number of piperidine rings is 1. The third kappa shape index (κ3) is 2.91. The van der Waals surface area contributed by atoms with Gasteiger partial charge in [-0.3, -0.25) is 9.89 Å². The van der Waals surface area contributed by atoms with Crippen LogP contribution in [0.1, 0.15) is 34.8 Å². The topological polar surface area (TPSA) is 58.2 Å². The normalized spacial score (nSPS) is 15.7. The Labute approximate surface area is 132 Å². The molecule has 0 spiro atoms. The van der Waals surface area contributed by atoms with E-state index in [1.165, 1.54) is 18.1 Å². The third-order valence-electron chi connectivity index (χ3n) is 4.23. The van der Waals surface area contributed by atoms with E-state index in [4.69, 9.17) is 4.74 Å². The number of hydrogen-bond donors (Lipinski definition) is 1. The lowest BCUT2D eigenvalue weighted by Crippen LogP contribution is -2.38. The average molecular weight is 321 g/mol. The molecule has 2 aromatic rings. The van der Waals surface area contributed by atoms with Crippen LogP contribution in [0.25, 0.3) is 0 Å². The summed E-state index contributed by atoms with van der Waals surface area (Å²) in [4.78, 5) is 14.1. The van der Waals surface area contributed by atoms with Crippen LogP contribution in [0.15, 0.2) is 24.4 Å². The van der Waals surface area contributed by atoms with Gasteiger partial charge in [-0.15, -0.1) is 0 Å². The number of carbonyl (C=O) groups excluding carboxylic acids is 1. The molecule has 1 saturated heterocycles. The lowest BCUT2D eigenvalue weighted by atomic mass is 9.93. The number of methoxy groups -OCH3 is 1. The number of ether oxygens (including phenoxy) is 1. The summed E-state index contributed by atoms with van der Waals surface area (Å²) in [7, 11) is 1.33. The highest BCUT2D eigenvalue weighted by Gasteiger charge is 2.29. The van der Waals surface area contributed by atoms with Crippen molar-refractivity contribution in [3.63, 3.8) is 0 Å². The molecule has 5 nitrogen and oxygen atoms in total. The number of amides is 1. The van der Waals surface area contributed by atoms with Gasteiger partial charge in [-0.2, -0.15) is 5.10 Å². The molecule has 0 radical (unpaired) electrons. The maximum Gasteiger partial charge on any atom is 0.260 e. The first-order valence-electron chi connectivity index (χ1n) is 7.42. The minimum absolute atomic E-state index is 0.0459. The molecule has 23 heavy (non-hydrogen) atoms. The molecule has 1 N–H and O–H groups in total. The van der Waals surface area contributed by atoms with Crippen LogP contribution in [-0.4, -0.2) is 41.2 Å². The second kappa shape index (κ2) is 6.36. The first-order valence-corrected chi connectivity index (χ1v) is 7.42. The quantitative estimate of drug-likeness (QED) is 0.945. The molecule has 0 aliphatic carbocycles. The van der Waals surface area contributed by atoms with Gasteiger partial charge in [-0.1, -0.05) is 0 Å². The minimum Gasteiger partial charge on any atom is -0.496 e. The summed E-state index contributed by atoms with van der Waals surface area (Å²) in [6.45, 7) is 0.948. The van der Waals surface area contributed by atoms with Crippen LogP contribution in [0.4, 0.5) is 8.78 Å². The number of rotatable bonds is 3. The molecular formula is C16H17F2N3O2. The molecular weight excluding hydrogens is 304 g/mol. The van der Waals surface area contributed by atoms with Gasteiger partial charge in [0.15, 0.2) is 11.6 Å². The predicted molar refractivity (Wildman–Crippen MR) is 79.4 cm³/mol. The molecule has 1 aliphatic rings. The predicted octanol–water partition coefficient (Wildman–Crippen LogP) is 2.72. The van der Waals surface area contributed by atoms with E-state index in [0.717, 1.165) is 24.6 Å². The largest absolute Gasteiger partial charge is 0.496 e. The third-order valence-corrected chi connectivity index (χ3v) is 4.23. The van der Waals surface area contributed by atoms with E-state index in [2.05, 4.69) is 10.2 Å².